The monoisotopic (exact) mass is 321 g/mol. The van der Waals surface area contributed by atoms with Gasteiger partial charge in [0.15, 0.2) is 11.8 Å². The van der Waals surface area contributed by atoms with Crippen LogP contribution >= 0.6 is 0 Å². The van der Waals surface area contributed by atoms with Crippen molar-refractivity contribution in [3.63, 3.8) is 0 Å². The van der Waals surface area contributed by atoms with Gasteiger partial charge in [-0.2, -0.15) is 4.98 Å². The maximum absolute atomic E-state index is 5.12. The van der Waals surface area contributed by atoms with Gasteiger partial charge in [-0.3, -0.25) is 4.99 Å². The highest BCUT2D eigenvalue weighted by molar-refractivity contribution is 5.80. The Balaban J connectivity index is 1.80. The number of aliphatic imine (C=N–C) groups is 1. The maximum Gasteiger partial charge on any atom is 0.228 e. The highest BCUT2D eigenvalue weighted by Gasteiger charge is 2.23. The lowest BCUT2D eigenvalue weighted by atomic mass is 9.80. The predicted octanol–water partition coefficient (Wildman–Crippen LogP) is 2.69. The first-order valence-electron chi connectivity index (χ1n) is 8.92. The van der Waals surface area contributed by atoms with Gasteiger partial charge in [0.1, 0.15) is 0 Å². The van der Waals surface area contributed by atoms with Crippen LogP contribution in [0, 0.1) is 18.8 Å². The molecule has 23 heavy (non-hydrogen) atoms. The summed E-state index contributed by atoms with van der Waals surface area (Å²) in [5.74, 6) is 3.91. The van der Waals surface area contributed by atoms with Crippen LogP contribution < -0.4 is 10.6 Å². The number of hydrogen-bond acceptors (Lipinski definition) is 4. The average molecular weight is 321 g/mol. The first-order valence-corrected chi connectivity index (χ1v) is 8.92. The van der Waals surface area contributed by atoms with Gasteiger partial charge in [-0.15, -0.1) is 0 Å². The second-order valence-corrected chi connectivity index (χ2v) is 6.75. The summed E-state index contributed by atoms with van der Waals surface area (Å²) < 4.78 is 5.12. The molecule has 0 bridgehead atoms. The van der Waals surface area contributed by atoms with E-state index in [2.05, 4.69) is 46.5 Å². The van der Waals surface area contributed by atoms with Crippen molar-refractivity contribution in [1.82, 2.24) is 20.8 Å². The second kappa shape index (κ2) is 8.89. The normalized spacial score (nSPS) is 22.4. The molecule has 130 valence electrons. The van der Waals surface area contributed by atoms with E-state index in [1.165, 1.54) is 25.7 Å². The third kappa shape index (κ3) is 5.84. The second-order valence-electron chi connectivity index (χ2n) is 6.75. The number of nitrogens with zero attached hydrogens (tertiary/aromatic N) is 3. The molecule has 0 radical (unpaired) electrons. The van der Waals surface area contributed by atoms with Crippen LogP contribution in [0.4, 0.5) is 0 Å². The SMILES string of the molecule is CCNC(=NCCc1nc(C)no1)NC1CCC(C(C)C)CC1. The first kappa shape index (κ1) is 17.8. The van der Waals surface area contributed by atoms with Crippen molar-refractivity contribution < 1.29 is 4.52 Å². The molecular formula is C17H31N5O. The van der Waals surface area contributed by atoms with Crippen LogP contribution in [0.3, 0.4) is 0 Å². The number of guanidine groups is 1. The van der Waals surface area contributed by atoms with Gasteiger partial charge in [-0.1, -0.05) is 19.0 Å². The van der Waals surface area contributed by atoms with Crippen LogP contribution in [0.25, 0.3) is 0 Å². The summed E-state index contributed by atoms with van der Waals surface area (Å²) in [7, 11) is 0. The first-order chi connectivity index (χ1) is 11.1. The number of nitrogens with one attached hydrogen (secondary N) is 2. The standard InChI is InChI=1S/C17H31N5O/c1-5-18-17(19-11-10-16-20-13(4)22-23-16)21-15-8-6-14(7-9-15)12(2)3/h12,14-15H,5-11H2,1-4H3,(H2,18,19,21). The molecule has 1 aromatic rings. The van der Waals surface area contributed by atoms with Gasteiger partial charge in [-0.25, -0.2) is 0 Å². The van der Waals surface area contributed by atoms with Crippen LogP contribution in [0.15, 0.2) is 9.52 Å². The number of rotatable bonds is 6. The Morgan fingerprint density at radius 2 is 2.04 bits per heavy atom. The minimum atomic E-state index is 0.536. The van der Waals surface area contributed by atoms with E-state index in [4.69, 9.17) is 4.52 Å². The summed E-state index contributed by atoms with van der Waals surface area (Å²) in [5.41, 5.74) is 0. The molecule has 6 heteroatoms. The van der Waals surface area contributed by atoms with Crippen molar-refractivity contribution in [2.75, 3.05) is 13.1 Å². The molecule has 0 saturated heterocycles. The van der Waals surface area contributed by atoms with E-state index in [1.54, 1.807) is 0 Å². The van der Waals surface area contributed by atoms with Gasteiger partial charge >= 0.3 is 0 Å². The smallest absolute Gasteiger partial charge is 0.228 e. The molecule has 0 aliphatic heterocycles. The molecule has 1 fully saturated rings. The van der Waals surface area contributed by atoms with Crippen molar-refractivity contribution in [3.05, 3.63) is 11.7 Å². The summed E-state index contributed by atoms with van der Waals surface area (Å²) in [6, 6.07) is 0.536. The zero-order chi connectivity index (χ0) is 16.7. The number of aromatic nitrogens is 2. The van der Waals surface area contributed by atoms with Crippen molar-refractivity contribution in [1.29, 1.82) is 0 Å². The Morgan fingerprint density at radius 3 is 2.61 bits per heavy atom. The van der Waals surface area contributed by atoms with E-state index in [-0.39, 0.29) is 0 Å². The van der Waals surface area contributed by atoms with Gasteiger partial charge in [0.2, 0.25) is 5.89 Å². The summed E-state index contributed by atoms with van der Waals surface area (Å²) in [4.78, 5) is 8.84. The Bertz CT molecular complexity index is 489. The van der Waals surface area contributed by atoms with Crippen LogP contribution in [-0.2, 0) is 6.42 Å². The minimum Gasteiger partial charge on any atom is -0.357 e. The van der Waals surface area contributed by atoms with Crippen LogP contribution in [-0.4, -0.2) is 35.2 Å². The van der Waals surface area contributed by atoms with E-state index in [1.807, 2.05) is 6.92 Å². The molecule has 1 aliphatic carbocycles. The molecule has 0 aromatic carbocycles. The van der Waals surface area contributed by atoms with E-state index in [0.717, 1.165) is 24.3 Å². The third-order valence-corrected chi connectivity index (χ3v) is 4.56. The summed E-state index contributed by atoms with van der Waals surface area (Å²) >= 11 is 0. The van der Waals surface area contributed by atoms with Crippen molar-refractivity contribution in [2.24, 2.45) is 16.8 Å². The quantitative estimate of drug-likeness (QED) is 0.622. The van der Waals surface area contributed by atoms with E-state index >= 15 is 0 Å². The predicted molar refractivity (Wildman–Crippen MR) is 92.4 cm³/mol. The van der Waals surface area contributed by atoms with Gasteiger partial charge in [0.25, 0.3) is 0 Å². The fourth-order valence-corrected chi connectivity index (χ4v) is 3.15. The van der Waals surface area contributed by atoms with Gasteiger partial charge < -0.3 is 15.2 Å². The molecular weight excluding hydrogens is 290 g/mol. The minimum absolute atomic E-state index is 0.536. The van der Waals surface area contributed by atoms with E-state index < -0.39 is 0 Å². The fourth-order valence-electron chi connectivity index (χ4n) is 3.15. The largest absolute Gasteiger partial charge is 0.357 e. The van der Waals surface area contributed by atoms with E-state index in [0.29, 0.717) is 30.7 Å². The van der Waals surface area contributed by atoms with Crippen LogP contribution in [0.5, 0.6) is 0 Å². The molecule has 1 saturated carbocycles. The highest BCUT2D eigenvalue weighted by atomic mass is 16.5. The highest BCUT2D eigenvalue weighted by Crippen LogP contribution is 2.29. The lowest BCUT2D eigenvalue weighted by Crippen LogP contribution is -2.45. The fraction of sp³-hybridized carbons (Fsp3) is 0.824. The molecule has 1 aliphatic rings. The van der Waals surface area contributed by atoms with Crippen molar-refractivity contribution >= 4 is 5.96 Å². The summed E-state index contributed by atoms with van der Waals surface area (Å²) in [6.07, 6.45) is 5.77. The molecule has 0 unspecified atom stereocenters. The zero-order valence-corrected chi connectivity index (χ0v) is 14.9. The zero-order valence-electron chi connectivity index (χ0n) is 14.9. The van der Waals surface area contributed by atoms with Gasteiger partial charge in [0, 0.05) is 19.0 Å². The van der Waals surface area contributed by atoms with Crippen molar-refractivity contribution in [2.45, 2.75) is 65.8 Å². The molecule has 0 atom stereocenters. The Labute approximate surface area is 139 Å². The molecule has 1 heterocycles. The lowest BCUT2D eigenvalue weighted by Gasteiger charge is -2.32. The van der Waals surface area contributed by atoms with Crippen LogP contribution in [0.2, 0.25) is 0 Å². The summed E-state index contributed by atoms with van der Waals surface area (Å²) in [5, 5.41) is 10.7. The van der Waals surface area contributed by atoms with Crippen LogP contribution in [0.1, 0.15) is 58.2 Å². The molecule has 0 spiro atoms. The average Bonchev–Trinajstić information content (AvgIpc) is 2.93. The summed E-state index contributed by atoms with van der Waals surface area (Å²) in [6.45, 7) is 10.1. The Morgan fingerprint density at radius 1 is 1.30 bits per heavy atom. The van der Waals surface area contributed by atoms with E-state index in [9.17, 15) is 0 Å². The van der Waals surface area contributed by atoms with Gasteiger partial charge in [-0.05, 0) is 51.4 Å². The number of aryl methyl sites for hydroxylation is 1. The third-order valence-electron chi connectivity index (χ3n) is 4.56. The Kier molecular flexibility index (Phi) is 6.86. The maximum atomic E-state index is 5.12. The van der Waals surface area contributed by atoms with Crippen molar-refractivity contribution in [3.8, 4) is 0 Å². The molecule has 2 N–H and O–H groups in total. The molecule has 0 amide bonds. The Hall–Kier alpha value is -1.59. The molecule has 6 nitrogen and oxygen atoms in total. The topological polar surface area (TPSA) is 75.3 Å². The number of hydrogen-bond donors (Lipinski definition) is 2. The molecule has 2 rings (SSSR count). The van der Waals surface area contributed by atoms with Gasteiger partial charge in [0.05, 0.1) is 6.54 Å². The lowest BCUT2D eigenvalue weighted by molar-refractivity contribution is 0.250. The molecule has 1 aromatic heterocycles.